The average molecular weight is 347 g/mol. The fraction of sp³-hybridized carbons (Fsp3) is 0.600. The molecule has 0 bridgehead atoms. The minimum absolute atomic E-state index is 0.0280. The van der Waals surface area contributed by atoms with Gasteiger partial charge in [-0.25, -0.2) is 0 Å². The molecule has 0 saturated heterocycles. The summed E-state index contributed by atoms with van der Waals surface area (Å²) in [5.74, 6) is -0.958. The Bertz CT molecular complexity index is 697. The maximum absolute atomic E-state index is 12.4. The van der Waals surface area contributed by atoms with Gasteiger partial charge in [0.1, 0.15) is 11.5 Å². The minimum Gasteiger partial charge on any atom is -0.507 e. The lowest BCUT2D eigenvalue weighted by Gasteiger charge is -2.53. The van der Waals surface area contributed by atoms with E-state index >= 15 is 0 Å². The number of Topliss-reactive ketones (excluding diaryl/α,β-unsaturated/α-hetero) is 1. The molecular formula is C20H29NO4. The van der Waals surface area contributed by atoms with Crippen LogP contribution in [-0.2, 0) is 10.2 Å². The molecule has 0 aromatic heterocycles. The topological polar surface area (TPSA) is 101 Å². The second-order valence-electron chi connectivity index (χ2n) is 7.64. The first-order valence-electron chi connectivity index (χ1n) is 8.97. The molecule has 1 aromatic carbocycles. The number of phenols is 1. The summed E-state index contributed by atoms with van der Waals surface area (Å²) in [4.78, 5) is 24.1. The summed E-state index contributed by atoms with van der Waals surface area (Å²) in [5.41, 5.74) is 4.61. The van der Waals surface area contributed by atoms with E-state index in [0.717, 1.165) is 12.0 Å². The van der Waals surface area contributed by atoms with Gasteiger partial charge in [0, 0.05) is 23.8 Å². The lowest BCUT2D eigenvalue weighted by Crippen LogP contribution is -2.59. The molecule has 0 radical (unpaired) electrons. The first kappa shape index (κ1) is 19.4. The van der Waals surface area contributed by atoms with Gasteiger partial charge in [0.25, 0.3) is 5.91 Å². The van der Waals surface area contributed by atoms with Crippen molar-refractivity contribution in [3.63, 3.8) is 0 Å². The molecule has 1 fully saturated rings. The van der Waals surface area contributed by atoms with Crippen LogP contribution in [-0.4, -0.2) is 27.5 Å². The smallest absolute Gasteiger partial charge is 0.252 e. The monoisotopic (exact) mass is 347 g/mol. The molecule has 2 rings (SSSR count). The summed E-state index contributed by atoms with van der Waals surface area (Å²) < 4.78 is 0. The van der Waals surface area contributed by atoms with Crippen molar-refractivity contribution in [3.05, 3.63) is 28.8 Å². The van der Waals surface area contributed by atoms with Crippen LogP contribution in [0.5, 0.6) is 5.75 Å². The van der Waals surface area contributed by atoms with Crippen LogP contribution in [0.2, 0.25) is 0 Å². The second kappa shape index (κ2) is 6.79. The van der Waals surface area contributed by atoms with Gasteiger partial charge in [-0.1, -0.05) is 33.3 Å². The van der Waals surface area contributed by atoms with E-state index in [1.807, 2.05) is 27.7 Å². The molecule has 1 amide bonds. The van der Waals surface area contributed by atoms with E-state index in [2.05, 4.69) is 0 Å². The van der Waals surface area contributed by atoms with Crippen LogP contribution < -0.4 is 5.73 Å². The molecule has 138 valence electrons. The standard InChI is InChI=1S/C20H29NO4/c1-5-9-19(11-14(22)8-10-20(19,25)12(2)3)16-13(4)6-7-15(17(16)23)18(21)24/h6-7,12,23,25H,5,8-11H2,1-4H3,(H2,21,24)/t19-,20-/m1/s1. The molecule has 0 spiro atoms. The van der Waals surface area contributed by atoms with Gasteiger partial charge in [-0.05, 0) is 37.3 Å². The van der Waals surface area contributed by atoms with Crippen molar-refractivity contribution in [1.29, 1.82) is 0 Å². The molecule has 1 aromatic rings. The number of primary amides is 1. The van der Waals surface area contributed by atoms with E-state index in [1.54, 1.807) is 6.07 Å². The maximum Gasteiger partial charge on any atom is 0.252 e. The van der Waals surface area contributed by atoms with Crippen LogP contribution in [0.15, 0.2) is 12.1 Å². The number of hydrogen-bond acceptors (Lipinski definition) is 4. The van der Waals surface area contributed by atoms with Crippen molar-refractivity contribution >= 4 is 11.7 Å². The number of benzene rings is 1. The predicted molar refractivity (Wildman–Crippen MR) is 96.6 cm³/mol. The van der Waals surface area contributed by atoms with Gasteiger partial charge in [-0.15, -0.1) is 0 Å². The zero-order valence-electron chi connectivity index (χ0n) is 15.6. The van der Waals surface area contributed by atoms with Gasteiger partial charge in [0.2, 0.25) is 0 Å². The number of nitrogens with two attached hydrogens (primary N) is 1. The van der Waals surface area contributed by atoms with Crippen molar-refractivity contribution < 1.29 is 19.8 Å². The third kappa shape index (κ3) is 2.95. The molecular weight excluding hydrogens is 318 g/mol. The van der Waals surface area contributed by atoms with Crippen LogP contribution in [0.3, 0.4) is 0 Å². The Morgan fingerprint density at radius 2 is 2.00 bits per heavy atom. The number of ketones is 1. The largest absolute Gasteiger partial charge is 0.507 e. The van der Waals surface area contributed by atoms with E-state index in [1.165, 1.54) is 6.07 Å². The van der Waals surface area contributed by atoms with Gasteiger partial charge in [-0.3, -0.25) is 9.59 Å². The summed E-state index contributed by atoms with van der Waals surface area (Å²) in [6.07, 6.45) is 2.12. The number of aryl methyl sites for hydroxylation is 1. The molecule has 25 heavy (non-hydrogen) atoms. The summed E-state index contributed by atoms with van der Waals surface area (Å²) >= 11 is 0. The van der Waals surface area contributed by atoms with Crippen molar-refractivity contribution in [2.75, 3.05) is 0 Å². The quantitative estimate of drug-likeness (QED) is 0.762. The molecule has 1 saturated carbocycles. The molecule has 5 nitrogen and oxygen atoms in total. The number of carbonyl (C=O) groups is 2. The van der Waals surface area contributed by atoms with Crippen LogP contribution in [0, 0.1) is 12.8 Å². The highest BCUT2D eigenvalue weighted by atomic mass is 16.3. The van der Waals surface area contributed by atoms with E-state index in [-0.39, 0.29) is 29.4 Å². The molecule has 2 atom stereocenters. The van der Waals surface area contributed by atoms with E-state index < -0.39 is 16.9 Å². The van der Waals surface area contributed by atoms with Gasteiger partial charge in [0.15, 0.2) is 0 Å². The van der Waals surface area contributed by atoms with E-state index in [9.17, 15) is 19.8 Å². The Morgan fingerprint density at radius 3 is 2.52 bits per heavy atom. The van der Waals surface area contributed by atoms with Crippen molar-refractivity contribution in [2.24, 2.45) is 11.7 Å². The SMILES string of the molecule is CCC[C@]1(c2c(C)ccc(C(N)=O)c2O)CC(=O)CC[C@@]1(O)C(C)C. The molecule has 0 aliphatic heterocycles. The normalized spacial score (nSPS) is 26.9. The van der Waals surface area contributed by atoms with Crippen LogP contribution >= 0.6 is 0 Å². The van der Waals surface area contributed by atoms with Gasteiger partial charge in [0.05, 0.1) is 11.2 Å². The molecule has 0 heterocycles. The summed E-state index contributed by atoms with van der Waals surface area (Å²) in [5, 5.41) is 22.5. The summed E-state index contributed by atoms with van der Waals surface area (Å²) in [7, 11) is 0. The zero-order chi connectivity index (χ0) is 19.0. The summed E-state index contributed by atoms with van der Waals surface area (Å²) in [6.45, 7) is 7.69. The average Bonchev–Trinajstić information content (AvgIpc) is 2.51. The van der Waals surface area contributed by atoms with Gasteiger partial charge in [-0.2, -0.15) is 0 Å². The van der Waals surface area contributed by atoms with Crippen molar-refractivity contribution in [3.8, 4) is 5.75 Å². The fourth-order valence-electron chi connectivity index (χ4n) is 4.64. The van der Waals surface area contributed by atoms with Crippen LogP contribution in [0.1, 0.15) is 74.4 Å². The third-order valence-electron chi connectivity index (χ3n) is 5.87. The first-order valence-corrected chi connectivity index (χ1v) is 8.97. The number of amides is 1. The Balaban J connectivity index is 2.85. The minimum atomic E-state index is -1.14. The summed E-state index contributed by atoms with van der Waals surface area (Å²) in [6, 6.07) is 3.22. The number of aromatic hydroxyl groups is 1. The van der Waals surface area contributed by atoms with E-state index in [0.29, 0.717) is 24.8 Å². The first-order chi connectivity index (χ1) is 11.6. The fourth-order valence-corrected chi connectivity index (χ4v) is 4.64. The van der Waals surface area contributed by atoms with Gasteiger partial charge < -0.3 is 15.9 Å². The third-order valence-corrected chi connectivity index (χ3v) is 5.87. The van der Waals surface area contributed by atoms with Gasteiger partial charge >= 0.3 is 0 Å². The zero-order valence-corrected chi connectivity index (χ0v) is 15.6. The highest BCUT2D eigenvalue weighted by Gasteiger charge is 2.57. The molecule has 1 aliphatic rings. The van der Waals surface area contributed by atoms with Crippen LogP contribution in [0.4, 0.5) is 0 Å². The molecule has 0 unspecified atom stereocenters. The lowest BCUT2D eigenvalue weighted by molar-refractivity contribution is -0.143. The predicted octanol–water partition coefficient (Wildman–Crippen LogP) is 2.98. The molecule has 4 N–H and O–H groups in total. The molecule has 5 heteroatoms. The van der Waals surface area contributed by atoms with Crippen molar-refractivity contribution in [1.82, 2.24) is 0 Å². The number of carbonyl (C=O) groups excluding carboxylic acids is 2. The van der Waals surface area contributed by atoms with Crippen LogP contribution in [0.25, 0.3) is 0 Å². The number of rotatable bonds is 5. The number of hydrogen-bond donors (Lipinski definition) is 3. The molecule has 1 aliphatic carbocycles. The van der Waals surface area contributed by atoms with E-state index in [4.69, 9.17) is 5.73 Å². The Hall–Kier alpha value is -1.88. The highest BCUT2D eigenvalue weighted by molar-refractivity contribution is 5.96. The Labute approximate surface area is 149 Å². The number of aliphatic hydroxyl groups is 1. The Kier molecular flexibility index (Phi) is 5.28. The van der Waals surface area contributed by atoms with Crippen molar-refractivity contribution in [2.45, 2.75) is 70.8 Å². The second-order valence-corrected chi connectivity index (χ2v) is 7.64. The maximum atomic E-state index is 12.4. The lowest BCUT2D eigenvalue weighted by atomic mass is 9.53. The highest BCUT2D eigenvalue weighted by Crippen LogP contribution is 2.55. The Morgan fingerprint density at radius 1 is 1.36 bits per heavy atom.